The minimum atomic E-state index is -0.954. The zero-order valence-electron chi connectivity index (χ0n) is 14.6. The van der Waals surface area contributed by atoms with E-state index in [4.69, 9.17) is 4.74 Å². The third kappa shape index (κ3) is 3.91. The average molecular weight is 371 g/mol. The molecule has 0 spiro atoms. The number of carbonyl (C=O) groups is 2. The molecule has 1 amide bonds. The Kier molecular flexibility index (Phi) is 5.04. The van der Waals surface area contributed by atoms with Gasteiger partial charge in [-0.15, -0.1) is 11.3 Å². The van der Waals surface area contributed by atoms with Gasteiger partial charge in [-0.25, -0.2) is 9.18 Å². The van der Waals surface area contributed by atoms with Gasteiger partial charge in [0.2, 0.25) is 0 Å². The number of aryl methyl sites for hydroxylation is 2. The molecule has 1 N–H and O–H groups in total. The van der Waals surface area contributed by atoms with Gasteiger partial charge in [0, 0.05) is 10.4 Å². The molecule has 1 aromatic heterocycles. The predicted octanol–water partition coefficient (Wildman–Crippen LogP) is 4.84. The van der Waals surface area contributed by atoms with Crippen LogP contribution in [-0.2, 0) is 9.53 Å². The van der Waals surface area contributed by atoms with Gasteiger partial charge in [-0.2, -0.15) is 0 Å². The summed E-state index contributed by atoms with van der Waals surface area (Å²) in [6.45, 7) is 5.34. The van der Waals surface area contributed by atoms with E-state index >= 15 is 0 Å². The summed E-state index contributed by atoms with van der Waals surface area (Å²) in [6, 6.07) is 11.6. The van der Waals surface area contributed by atoms with E-state index in [1.54, 1.807) is 12.1 Å². The van der Waals surface area contributed by atoms with Crippen LogP contribution in [0, 0.1) is 19.7 Å². The maximum Gasteiger partial charge on any atom is 0.349 e. The molecule has 0 radical (unpaired) electrons. The molecule has 0 saturated heterocycles. The third-order valence-electron chi connectivity index (χ3n) is 3.98. The minimum absolute atomic E-state index is 0.331. The number of fused-ring (bicyclic) bond motifs is 1. The summed E-state index contributed by atoms with van der Waals surface area (Å²) in [5, 5.41) is 3.41. The van der Waals surface area contributed by atoms with Gasteiger partial charge in [0.15, 0.2) is 6.10 Å². The van der Waals surface area contributed by atoms with E-state index in [1.165, 1.54) is 30.4 Å². The Morgan fingerprint density at radius 3 is 2.65 bits per heavy atom. The average Bonchev–Trinajstić information content (AvgIpc) is 3.01. The Hall–Kier alpha value is -2.73. The van der Waals surface area contributed by atoms with Crippen LogP contribution in [0.15, 0.2) is 42.5 Å². The molecule has 26 heavy (non-hydrogen) atoms. The van der Waals surface area contributed by atoms with Crippen LogP contribution < -0.4 is 5.32 Å². The number of benzene rings is 2. The van der Waals surface area contributed by atoms with Crippen LogP contribution in [0.5, 0.6) is 0 Å². The highest BCUT2D eigenvalue weighted by atomic mass is 32.1. The highest BCUT2D eigenvalue weighted by molar-refractivity contribution is 7.20. The molecular formula is C20H18FNO3S. The molecule has 0 saturated carbocycles. The van der Waals surface area contributed by atoms with Crippen molar-refractivity contribution in [3.8, 4) is 0 Å². The van der Waals surface area contributed by atoms with Crippen molar-refractivity contribution in [2.45, 2.75) is 26.9 Å². The van der Waals surface area contributed by atoms with Gasteiger partial charge in [0.1, 0.15) is 10.7 Å². The van der Waals surface area contributed by atoms with Gasteiger partial charge in [0.05, 0.1) is 0 Å². The van der Waals surface area contributed by atoms with Gasteiger partial charge in [-0.3, -0.25) is 4.79 Å². The number of rotatable bonds is 4. The Labute approximate surface area is 154 Å². The SMILES string of the molecule is Cc1ccc(C)c(NC(=O)[C@H](C)OC(=O)c2cc3cc(F)ccc3s2)c1. The van der Waals surface area contributed by atoms with Gasteiger partial charge in [0.25, 0.3) is 5.91 Å². The number of esters is 1. The first-order chi connectivity index (χ1) is 12.3. The van der Waals surface area contributed by atoms with Crippen molar-refractivity contribution in [3.63, 3.8) is 0 Å². The van der Waals surface area contributed by atoms with E-state index in [0.29, 0.717) is 16.0 Å². The Balaban J connectivity index is 1.69. The van der Waals surface area contributed by atoms with Crippen molar-refractivity contribution < 1.29 is 18.7 Å². The molecule has 0 aliphatic rings. The predicted molar refractivity (Wildman–Crippen MR) is 101 cm³/mol. The lowest BCUT2D eigenvalue weighted by Gasteiger charge is -2.14. The van der Waals surface area contributed by atoms with Crippen molar-refractivity contribution in [3.05, 3.63) is 64.3 Å². The molecule has 3 rings (SSSR count). The first kappa shape index (κ1) is 18.1. The topological polar surface area (TPSA) is 55.4 Å². The maximum absolute atomic E-state index is 13.3. The zero-order valence-corrected chi connectivity index (χ0v) is 15.4. The minimum Gasteiger partial charge on any atom is -0.448 e. The molecule has 0 aliphatic carbocycles. The Morgan fingerprint density at radius 1 is 1.12 bits per heavy atom. The summed E-state index contributed by atoms with van der Waals surface area (Å²) in [6.07, 6.45) is -0.954. The quantitative estimate of drug-likeness (QED) is 0.668. The Morgan fingerprint density at radius 2 is 1.88 bits per heavy atom. The molecule has 4 nitrogen and oxygen atoms in total. The molecule has 2 aromatic carbocycles. The molecular weight excluding hydrogens is 353 g/mol. The fourth-order valence-electron chi connectivity index (χ4n) is 2.49. The van der Waals surface area contributed by atoms with Crippen molar-refractivity contribution in [1.82, 2.24) is 0 Å². The lowest BCUT2D eigenvalue weighted by molar-refractivity contribution is -0.123. The second-order valence-corrected chi connectivity index (χ2v) is 7.23. The number of nitrogens with one attached hydrogen (secondary N) is 1. The van der Waals surface area contributed by atoms with Crippen LogP contribution in [0.1, 0.15) is 27.7 Å². The van der Waals surface area contributed by atoms with E-state index in [-0.39, 0.29) is 5.82 Å². The maximum atomic E-state index is 13.3. The summed E-state index contributed by atoms with van der Waals surface area (Å²) >= 11 is 1.20. The summed E-state index contributed by atoms with van der Waals surface area (Å²) in [7, 11) is 0. The van der Waals surface area contributed by atoms with Crippen LogP contribution in [0.2, 0.25) is 0 Å². The van der Waals surface area contributed by atoms with Crippen LogP contribution in [0.25, 0.3) is 10.1 Å². The van der Waals surface area contributed by atoms with E-state index in [2.05, 4.69) is 5.32 Å². The summed E-state index contributed by atoms with van der Waals surface area (Å²) < 4.78 is 19.3. The van der Waals surface area contributed by atoms with Gasteiger partial charge >= 0.3 is 5.97 Å². The van der Waals surface area contributed by atoms with Crippen LogP contribution in [0.3, 0.4) is 0 Å². The van der Waals surface area contributed by atoms with E-state index in [0.717, 1.165) is 15.8 Å². The second-order valence-electron chi connectivity index (χ2n) is 6.15. The van der Waals surface area contributed by atoms with Crippen LogP contribution in [-0.4, -0.2) is 18.0 Å². The molecule has 6 heteroatoms. The second kappa shape index (κ2) is 7.25. The normalized spacial score (nSPS) is 12.0. The lowest BCUT2D eigenvalue weighted by Crippen LogP contribution is -2.30. The first-order valence-corrected chi connectivity index (χ1v) is 8.93. The van der Waals surface area contributed by atoms with Crippen LogP contribution in [0.4, 0.5) is 10.1 Å². The Bertz CT molecular complexity index is 996. The summed E-state index contributed by atoms with van der Waals surface area (Å²) in [5.41, 5.74) is 2.64. The molecule has 0 unspecified atom stereocenters. The van der Waals surface area contributed by atoms with Crippen LogP contribution >= 0.6 is 11.3 Å². The van der Waals surface area contributed by atoms with Crippen molar-refractivity contribution in [2.24, 2.45) is 0 Å². The lowest BCUT2D eigenvalue weighted by atomic mass is 10.1. The van der Waals surface area contributed by atoms with E-state index < -0.39 is 18.0 Å². The smallest absolute Gasteiger partial charge is 0.349 e. The van der Waals surface area contributed by atoms with E-state index in [1.807, 2.05) is 32.0 Å². The number of amides is 1. The van der Waals surface area contributed by atoms with Gasteiger partial charge in [-0.1, -0.05) is 12.1 Å². The molecule has 1 atom stereocenters. The third-order valence-corrected chi connectivity index (χ3v) is 5.08. The summed E-state index contributed by atoms with van der Waals surface area (Å²) in [4.78, 5) is 25.0. The molecule has 0 fully saturated rings. The first-order valence-electron chi connectivity index (χ1n) is 8.11. The molecule has 0 bridgehead atoms. The fraction of sp³-hybridized carbons (Fsp3) is 0.200. The monoisotopic (exact) mass is 371 g/mol. The standard InChI is InChI=1S/C20H18FNO3S/c1-11-4-5-12(2)16(8-11)22-19(23)13(3)25-20(24)18-10-14-9-15(21)6-7-17(14)26-18/h4-10,13H,1-3H3,(H,22,23)/t13-/m0/s1. The number of ether oxygens (including phenoxy) is 1. The number of thiophene rings is 1. The number of hydrogen-bond donors (Lipinski definition) is 1. The van der Waals surface area contributed by atoms with Crippen molar-refractivity contribution in [2.75, 3.05) is 5.32 Å². The highest BCUT2D eigenvalue weighted by Gasteiger charge is 2.21. The molecule has 134 valence electrons. The summed E-state index contributed by atoms with van der Waals surface area (Å²) in [5.74, 6) is -1.37. The largest absolute Gasteiger partial charge is 0.448 e. The van der Waals surface area contributed by atoms with Crippen molar-refractivity contribution >= 4 is 39.0 Å². The zero-order chi connectivity index (χ0) is 18.8. The number of hydrogen-bond acceptors (Lipinski definition) is 4. The van der Waals surface area contributed by atoms with Crippen molar-refractivity contribution in [1.29, 1.82) is 0 Å². The van der Waals surface area contributed by atoms with E-state index in [9.17, 15) is 14.0 Å². The number of halogens is 1. The number of carbonyl (C=O) groups excluding carboxylic acids is 2. The molecule has 0 aliphatic heterocycles. The fourth-order valence-corrected chi connectivity index (χ4v) is 3.42. The van der Waals surface area contributed by atoms with Gasteiger partial charge < -0.3 is 10.1 Å². The number of anilines is 1. The van der Waals surface area contributed by atoms with Gasteiger partial charge in [-0.05, 0) is 67.6 Å². The molecule has 3 aromatic rings. The molecule has 1 heterocycles. The highest BCUT2D eigenvalue weighted by Crippen LogP contribution is 2.27.